The second kappa shape index (κ2) is 6.00. The molecule has 0 aliphatic carbocycles. The number of nitrogens with zero attached hydrogens (tertiary/aromatic N) is 4. The van der Waals surface area contributed by atoms with Crippen LogP contribution < -0.4 is 5.73 Å². The van der Waals surface area contributed by atoms with E-state index in [-0.39, 0.29) is 36.3 Å². The van der Waals surface area contributed by atoms with Crippen LogP contribution in [0.1, 0.15) is 40.5 Å². The highest BCUT2D eigenvalue weighted by molar-refractivity contribution is 5.96. The van der Waals surface area contributed by atoms with Gasteiger partial charge >= 0.3 is 0 Å². The van der Waals surface area contributed by atoms with E-state index in [1.165, 1.54) is 6.20 Å². The number of likely N-dealkylation sites (tertiary alicyclic amines) is 1. The fourth-order valence-corrected chi connectivity index (χ4v) is 4.86. The molecule has 8 heteroatoms. The third-order valence-corrected chi connectivity index (χ3v) is 6.13. The van der Waals surface area contributed by atoms with E-state index in [0.29, 0.717) is 30.8 Å². The molecule has 3 atom stereocenters. The highest BCUT2D eigenvalue weighted by atomic mass is 16.5. The highest BCUT2D eigenvalue weighted by Crippen LogP contribution is 2.51. The van der Waals surface area contributed by atoms with Crippen LogP contribution in [-0.2, 0) is 9.53 Å². The van der Waals surface area contributed by atoms with Crippen molar-refractivity contribution in [1.29, 1.82) is 0 Å². The second-order valence-corrected chi connectivity index (χ2v) is 7.54. The van der Waals surface area contributed by atoms with Crippen molar-refractivity contribution in [2.24, 2.45) is 0 Å². The summed E-state index contributed by atoms with van der Waals surface area (Å²) in [5.74, 6) is -0.0149. The topological polar surface area (TPSA) is 102 Å². The smallest absolute Gasteiger partial charge is 0.257 e. The van der Waals surface area contributed by atoms with Gasteiger partial charge in [-0.25, -0.2) is 9.97 Å². The van der Waals surface area contributed by atoms with Crippen LogP contribution in [0.4, 0.5) is 5.95 Å². The molecule has 4 heterocycles. The number of rotatable bonds is 2. The summed E-state index contributed by atoms with van der Waals surface area (Å²) in [7, 11) is 0. The van der Waals surface area contributed by atoms with Crippen molar-refractivity contribution in [3.05, 3.63) is 53.3 Å². The van der Waals surface area contributed by atoms with Crippen LogP contribution in [0.25, 0.3) is 0 Å². The first-order chi connectivity index (χ1) is 13.5. The van der Waals surface area contributed by atoms with Gasteiger partial charge in [-0.05, 0) is 12.5 Å². The van der Waals surface area contributed by atoms with Crippen molar-refractivity contribution < 1.29 is 14.3 Å². The molecular weight excluding hydrogens is 358 g/mol. The number of carbonyl (C=O) groups is 2. The molecule has 3 saturated heterocycles. The first kappa shape index (κ1) is 17.1. The molecule has 0 radical (unpaired) electrons. The lowest BCUT2D eigenvalue weighted by molar-refractivity contribution is -0.138. The fourth-order valence-electron chi connectivity index (χ4n) is 4.86. The van der Waals surface area contributed by atoms with E-state index in [0.717, 1.165) is 5.56 Å². The minimum Gasteiger partial charge on any atom is -0.368 e. The SMILES string of the molecule is Cc1nc(N)ncc1C(=O)N1CC[C@@]23OC[C@@H](c4ccccc4)N2C(=O)C[C@@H]13. The Morgan fingerprint density at radius 1 is 1.32 bits per heavy atom. The number of benzene rings is 1. The Morgan fingerprint density at radius 3 is 2.86 bits per heavy atom. The molecule has 1 aromatic heterocycles. The lowest BCUT2D eigenvalue weighted by Crippen LogP contribution is -2.49. The molecule has 2 aromatic rings. The van der Waals surface area contributed by atoms with Gasteiger partial charge < -0.3 is 20.3 Å². The zero-order valence-corrected chi connectivity index (χ0v) is 15.5. The molecule has 2 N–H and O–H groups in total. The van der Waals surface area contributed by atoms with Crippen molar-refractivity contribution in [1.82, 2.24) is 19.8 Å². The average Bonchev–Trinajstić information content (AvgIpc) is 3.31. The lowest BCUT2D eigenvalue weighted by atomic mass is 10.0. The van der Waals surface area contributed by atoms with Gasteiger partial charge in [0, 0.05) is 19.2 Å². The fraction of sp³-hybridized carbons (Fsp3) is 0.400. The quantitative estimate of drug-likeness (QED) is 0.843. The van der Waals surface area contributed by atoms with Crippen LogP contribution in [-0.4, -0.2) is 56.5 Å². The van der Waals surface area contributed by atoms with Gasteiger partial charge in [0.05, 0.1) is 36.4 Å². The second-order valence-electron chi connectivity index (χ2n) is 7.54. The monoisotopic (exact) mass is 379 g/mol. The Labute approximate surface area is 162 Å². The minimum atomic E-state index is -0.740. The van der Waals surface area contributed by atoms with Gasteiger partial charge in [-0.15, -0.1) is 0 Å². The Hall–Kier alpha value is -3.00. The standard InChI is InChI=1S/C20H21N5O3/c1-12-14(10-22-19(21)23-12)18(27)24-8-7-20-16(24)9-17(26)25(20)15(11-28-20)13-5-3-2-4-6-13/h2-6,10,15-16H,7-9,11H2,1H3,(H2,21,22,23)/t15-,16+,20-/m0/s1. The van der Waals surface area contributed by atoms with Crippen LogP contribution in [0.5, 0.6) is 0 Å². The number of ether oxygens (including phenoxy) is 1. The average molecular weight is 379 g/mol. The lowest BCUT2D eigenvalue weighted by Gasteiger charge is -2.33. The summed E-state index contributed by atoms with van der Waals surface area (Å²) in [6.07, 6.45) is 2.33. The summed E-state index contributed by atoms with van der Waals surface area (Å²) < 4.78 is 6.25. The van der Waals surface area contributed by atoms with Crippen molar-refractivity contribution in [3.63, 3.8) is 0 Å². The highest BCUT2D eigenvalue weighted by Gasteiger charge is 2.65. The van der Waals surface area contributed by atoms with Crippen LogP contribution in [0, 0.1) is 6.92 Å². The first-order valence-electron chi connectivity index (χ1n) is 9.42. The van der Waals surface area contributed by atoms with E-state index in [9.17, 15) is 9.59 Å². The van der Waals surface area contributed by atoms with Crippen LogP contribution in [0.3, 0.4) is 0 Å². The number of hydrogen-bond donors (Lipinski definition) is 1. The molecule has 0 bridgehead atoms. The molecule has 1 spiro atoms. The van der Waals surface area contributed by atoms with Crippen LogP contribution in [0.15, 0.2) is 36.5 Å². The number of amides is 2. The Bertz CT molecular complexity index is 966. The van der Waals surface area contributed by atoms with Gasteiger partial charge in [0.1, 0.15) is 0 Å². The number of aryl methyl sites for hydroxylation is 1. The molecule has 2 amide bonds. The minimum absolute atomic E-state index is 0.0270. The van der Waals surface area contributed by atoms with E-state index >= 15 is 0 Å². The van der Waals surface area contributed by atoms with E-state index in [2.05, 4.69) is 9.97 Å². The molecule has 3 aliphatic heterocycles. The largest absolute Gasteiger partial charge is 0.368 e. The summed E-state index contributed by atoms with van der Waals surface area (Å²) in [6, 6.07) is 9.49. The van der Waals surface area contributed by atoms with Gasteiger partial charge in [0.25, 0.3) is 5.91 Å². The van der Waals surface area contributed by atoms with Crippen molar-refractivity contribution in [2.45, 2.75) is 37.6 Å². The molecule has 3 fully saturated rings. The Balaban J connectivity index is 1.47. The Morgan fingerprint density at radius 2 is 2.11 bits per heavy atom. The van der Waals surface area contributed by atoms with E-state index in [1.807, 2.05) is 35.2 Å². The third-order valence-electron chi connectivity index (χ3n) is 6.13. The molecule has 144 valence electrons. The molecule has 28 heavy (non-hydrogen) atoms. The predicted molar refractivity (Wildman–Crippen MR) is 100.0 cm³/mol. The zero-order valence-electron chi connectivity index (χ0n) is 15.5. The summed E-state index contributed by atoms with van der Waals surface area (Å²) in [4.78, 5) is 37.8. The molecular formula is C20H21N5O3. The summed E-state index contributed by atoms with van der Waals surface area (Å²) in [6.45, 7) is 2.71. The van der Waals surface area contributed by atoms with Crippen molar-refractivity contribution in [2.75, 3.05) is 18.9 Å². The van der Waals surface area contributed by atoms with Crippen molar-refractivity contribution >= 4 is 17.8 Å². The third kappa shape index (κ3) is 2.27. The van der Waals surface area contributed by atoms with Gasteiger partial charge in [0.15, 0.2) is 5.72 Å². The van der Waals surface area contributed by atoms with E-state index in [4.69, 9.17) is 10.5 Å². The summed E-state index contributed by atoms with van der Waals surface area (Å²) >= 11 is 0. The number of nitrogens with two attached hydrogens (primary N) is 1. The molecule has 0 saturated carbocycles. The molecule has 0 unspecified atom stereocenters. The van der Waals surface area contributed by atoms with E-state index < -0.39 is 5.72 Å². The number of nitrogen functional groups attached to an aromatic ring is 1. The number of carbonyl (C=O) groups excluding carboxylic acids is 2. The van der Waals surface area contributed by atoms with E-state index in [1.54, 1.807) is 11.8 Å². The molecule has 5 rings (SSSR count). The predicted octanol–water partition coefficient (Wildman–Crippen LogP) is 1.28. The van der Waals surface area contributed by atoms with Gasteiger partial charge in [-0.3, -0.25) is 9.59 Å². The molecule has 1 aromatic carbocycles. The van der Waals surface area contributed by atoms with Gasteiger partial charge in [0.2, 0.25) is 11.9 Å². The van der Waals surface area contributed by atoms with Crippen LogP contribution >= 0.6 is 0 Å². The zero-order chi connectivity index (χ0) is 19.5. The molecule has 3 aliphatic rings. The summed E-state index contributed by atoms with van der Waals surface area (Å²) in [5.41, 5.74) is 6.87. The van der Waals surface area contributed by atoms with Crippen molar-refractivity contribution in [3.8, 4) is 0 Å². The maximum atomic E-state index is 13.2. The Kier molecular flexibility index (Phi) is 3.67. The number of anilines is 1. The number of aromatic nitrogens is 2. The maximum Gasteiger partial charge on any atom is 0.257 e. The van der Waals surface area contributed by atoms with Crippen LogP contribution in [0.2, 0.25) is 0 Å². The van der Waals surface area contributed by atoms with Gasteiger partial charge in [-0.2, -0.15) is 0 Å². The van der Waals surface area contributed by atoms with Gasteiger partial charge in [-0.1, -0.05) is 30.3 Å². The molecule has 8 nitrogen and oxygen atoms in total. The first-order valence-corrected chi connectivity index (χ1v) is 9.42. The summed E-state index contributed by atoms with van der Waals surface area (Å²) in [5, 5.41) is 0. The number of hydrogen-bond acceptors (Lipinski definition) is 6. The maximum absolute atomic E-state index is 13.2. The normalized spacial score (nSPS) is 28.5.